The van der Waals surface area contributed by atoms with Crippen LogP contribution < -0.4 is 17.8 Å². The van der Waals surface area contributed by atoms with Crippen LogP contribution in [0.3, 0.4) is 0 Å². The molecule has 5 N–H and O–H groups in total. The van der Waals surface area contributed by atoms with Crippen molar-refractivity contribution in [2.45, 2.75) is 61.7 Å². The molecular weight excluding hydrogens is 957 g/mol. The van der Waals surface area contributed by atoms with Crippen molar-refractivity contribution in [2.24, 2.45) is 5.11 Å². The largest absolute Gasteiger partial charge is 0.501 e. The number of rotatable bonds is 29. The summed E-state index contributed by atoms with van der Waals surface area (Å²) >= 11 is 0. The van der Waals surface area contributed by atoms with Crippen LogP contribution in [0.4, 0.5) is 0 Å². The molecule has 366 valence electrons. The van der Waals surface area contributed by atoms with Crippen molar-refractivity contribution in [2.75, 3.05) is 65.3 Å². The number of ketones is 1. The van der Waals surface area contributed by atoms with Gasteiger partial charge in [0.15, 0.2) is 27.1 Å². The maximum atomic E-state index is 13.3. The monoisotopic (exact) mass is 1010 g/mol. The third kappa shape index (κ3) is 17.6. The van der Waals surface area contributed by atoms with Gasteiger partial charge in [0.05, 0.1) is 51.1 Å². The van der Waals surface area contributed by atoms with Crippen LogP contribution >= 0.6 is 0 Å². The first-order chi connectivity index (χ1) is 31.2. The minimum atomic E-state index is -5.03. The molecule has 1 fully saturated rings. The average Bonchev–Trinajstić information content (AvgIpc) is 3.25. The summed E-state index contributed by atoms with van der Waals surface area (Å²) < 4.78 is 127. The minimum absolute atomic E-state index is 0.0186. The molecule has 3 aromatic rings. The highest BCUT2D eigenvalue weighted by atomic mass is 33.2. The number of sulfone groups is 1. The van der Waals surface area contributed by atoms with Gasteiger partial charge in [0, 0.05) is 57.8 Å². The van der Waals surface area contributed by atoms with Crippen molar-refractivity contribution in [3.63, 3.8) is 0 Å². The van der Waals surface area contributed by atoms with Gasteiger partial charge in [0.1, 0.15) is 42.5 Å². The number of benzene rings is 3. The molecule has 4 rings (SSSR count). The summed E-state index contributed by atoms with van der Waals surface area (Å²) in [7, 11) is -14.1. The molecule has 23 nitrogen and oxygen atoms in total. The first-order valence-corrected chi connectivity index (χ1v) is 27.1. The Bertz CT molecular complexity index is 2490. The molecule has 0 radical (unpaired) electrons. The molecule has 1 aliphatic rings. The van der Waals surface area contributed by atoms with Crippen LogP contribution in [0.25, 0.3) is 10.4 Å². The quantitative estimate of drug-likeness (QED) is 0.0165. The summed E-state index contributed by atoms with van der Waals surface area (Å²) in [5.74, 6) is -2.50. The van der Waals surface area contributed by atoms with Crippen molar-refractivity contribution >= 4 is 44.6 Å². The van der Waals surface area contributed by atoms with E-state index in [1.807, 2.05) is 0 Å². The van der Waals surface area contributed by atoms with Crippen LogP contribution in [0.1, 0.15) is 39.9 Å². The van der Waals surface area contributed by atoms with Gasteiger partial charge in [-0.2, -0.15) is 0 Å². The second-order valence-corrected chi connectivity index (χ2v) is 23.1. The Kier molecular flexibility index (Phi) is 21.0. The Balaban J connectivity index is 1.43. The molecule has 1 aliphatic heterocycles. The molecule has 0 spiro atoms. The van der Waals surface area contributed by atoms with Gasteiger partial charge in [-0.05, 0) is 59.5 Å². The summed E-state index contributed by atoms with van der Waals surface area (Å²) in [6, 6.07) is 13.2. The predicted molar refractivity (Wildman–Crippen MR) is 235 cm³/mol. The third-order valence-corrected chi connectivity index (χ3v) is 14.9. The lowest BCUT2D eigenvalue weighted by Crippen LogP contribution is -2.60. The maximum Gasteiger partial charge on any atom is 0.501 e. The molecule has 0 amide bonds. The summed E-state index contributed by atoms with van der Waals surface area (Å²) in [5.41, 5.74) is 9.17. The molecule has 0 aliphatic carbocycles. The SMILES string of the molecule is CS(=N)S(=O)(=O)Cc1cc(CS(C)(=O)=O)ccc1OCc1ccc(OS(=O)(=O)Oc2cc(C(=O)CCCOCCOCCOCCN=[N+]=[N-])ccc2OC2O[C@@H](CO)[C@@H](O)[C@@H](O)[C@@H]2O)cc1. The van der Waals surface area contributed by atoms with Crippen LogP contribution in [-0.4, -0.2) is 147 Å². The van der Waals surface area contributed by atoms with E-state index >= 15 is 0 Å². The van der Waals surface area contributed by atoms with Gasteiger partial charge in [0.2, 0.25) is 15.2 Å². The Labute approximate surface area is 383 Å². The Morgan fingerprint density at radius 2 is 1.44 bits per heavy atom. The summed E-state index contributed by atoms with van der Waals surface area (Å²) in [6.45, 7) is 0.828. The van der Waals surface area contributed by atoms with Crippen LogP contribution in [0, 0.1) is 4.78 Å². The zero-order valence-electron chi connectivity index (χ0n) is 35.7. The molecule has 27 heteroatoms. The van der Waals surface area contributed by atoms with E-state index in [2.05, 4.69) is 10.0 Å². The van der Waals surface area contributed by atoms with E-state index in [1.54, 1.807) is 0 Å². The average molecular weight is 1010 g/mol. The van der Waals surface area contributed by atoms with Gasteiger partial charge in [-0.1, -0.05) is 29.4 Å². The molecule has 66 heavy (non-hydrogen) atoms. The lowest BCUT2D eigenvalue weighted by Gasteiger charge is -2.39. The van der Waals surface area contributed by atoms with Crippen LogP contribution in [0.5, 0.6) is 23.0 Å². The standard InChI is InChI=1S/C39H52N4O19S4/c1-63(41)65(51,52)25-29-20-27(24-64(2,49)50)7-11-32(29)58-23-26-5-9-30(10-6-26)61-66(53,54)62-34-21-28(8-12-33(34)59-39-38(48)37(47)36(46)35(22-44)60-39)31(45)4-3-14-55-16-18-57-19-17-56-15-13-42-43-40/h5-12,20-21,35-39,41,44,46-48H,3-4,13-19,22-25H2,1-2H3/t35-,36+,37+,38-,39?,63?/m0/s1. The number of Topliss-reactive ketones (excluding diaryl/α,β-unsaturated/α-hetero) is 1. The number of nitrogens with zero attached hydrogens (tertiary/aromatic N) is 3. The van der Waals surface area contributed by atoms with E-state index in [1.165, 1.54) is 54.8 Å². The number of carbonyl (C=O) groups is 1. The molecule has 3 aromatic carbocycles. The minimum Gasteiger partial charge on any atom is -0.489 e. The highest BCUT2D eigenvalue weighted by Crippen LogP contribution is 2.34. The van der Waals surface area contributed by atoms with Gasteiger partial charge in [-0.15, -0.1) is 8.42 Å². The molecule has 1 heterocycles. The van der Waals surface area contributed by atoms with Crippen molar-refractivity contribution < 1.29 is 87.3 Å². The highest BCUT2D eigenvalue weighted by Gasteiger charge is 2.45. The van der Waals surface area contributed by atoms with Crippen molar-refractivity contribution in [1.29, 1.82) is 4.78 Å². The Morgan fingerprint density at radius 1 is 0.803 bits per heavy atom. The third-order valence-electron chi connectivity index (χ3n) is 9.17. The molecule has 2 unspecified atom stereocenters. The number of azide groups is 1. The number of carbonyl (C=O) groups excluding carboxylic acids is 1. The first kappa shape index (κ1) is 54.1. The number of ether oxygens (including phenoxy) is 6. The van der Waals surface area contributed by atoms with E-state index in [-0.39, 0.29) is 80.8 Å². The van der Waals surface area contributed by atoms with Gasteiger partial charge in [-0.3, -0.25) is 9.57 Å². The van der Waals surface area contributed by atoms with Gasteiger partial charge in [0.25, 0.3) is 0 Å². The van der Waals surface area contributed by atoms with Gasteiger partial charge >= 0.3 is 10.4 Å². The lowest BCUT2D eigenvalue weighted by atomic mass is 9.99. The fraction of sp³-hybridized carbons (Fsp3) is 0.513. The van der Waals surface area contributed by atoms with Gasteiger partial charge in [-0.25, -0.2) is 16.8 Å². The molecule has 0 bridgehead atoms. The van der Waals surface area contributed by atoms with E-state index in [9.17, 15) is 50.5 Å². The Morgan fingerprint density at radius 3 is 2.08 bits per heavy atom. The Hall–Kier alpha value is -4.48. The van der Waals surface area contributed by atoms with Gasteiger partial charge < -0.3 is 57.2 Å². The molecule has 0 saturated carbocycles. The topological polar surface area (TPSA) is 347 Å². The van der Waals surface area contributed by atoms with E-state index in [4.69, 9.17) is 47.1 Å². The second kappa shape index (κ2) is 25.6. The second-order valence-electron chi connectivity index (χ2n) is 14.5. The zero-order chi connectivity index (χ0) is 48.5. The highest BCUT2D eigenvalue weighted by molar-refractivity contribution is 8.64. The van der Waals surface area contributed by atoms with Crippen LogP contribution in [0.2, 0.25) is 0 Å². The van der Waals surface area contributed by atoms with Crippen LogP contribution in [0.15, 0.2) is 65.8 Å². The molecule has 0 aromatic heterocycles. The number of aliphatic hydroxyl groups excluding tert-OH is 4. The smallest absolute Gasteiger partial charge is 0.489 e. The fourth-order valence-corrected chi connectivity index (χ4v) is 9.12. The van der Waals surface area contributed by atoms with E-state index in [0.29, 0.717) is 24.3 Å². The van der Waals surface area contributed by atoms with E-state index in [0.717, 1.165) is 18.4 Å². The number of hydrogen-bond donors (Lipinski definition) is 5. The number of nitrogens with one attached hydrogen (secondary N) is 1. The first-order valence-electron chi connectivity index (χ1n) is 19.9. The van der Waals surface area contributed by atoms with Crippen LogP contribution in [-0.2, 0) is 75.9 Å². The summed E-state index contributed by atoms with van der Waals surface area (Å²) in [6.07, 6.45) is -6.06. The molecule has 1 saturated heterocycles. The summed E-state index contributed by atoms with van der Waals surface area (Å²) in [4.78, 5) is 15.8. The fourth-order valence-electron chi connectivity index (χ4n) is 5.91. The van der Waals surface area contributed by atoms with Crippen molar-refractivity contribution in [1.82, 2.24) is 0 Å². The zero-order valence-corrected chi connectivity index (χ0v) is 39.0. The predicted octanol–water partition coefficient (Wildman–Crippen LogP) is 1.85. The van der Waals surface area contributed by atoms with Crippen molar-refractivity contribution in [3.05, 3.63) is 93.4 Å². The van der Waals surface area contributed by atoms with E-state index < -0.39 is 99.2 Å². The molecular formula is C39H52N4O19S4. The van der Waals surface area contributed by atoms with Crippen molar-refractivity contribution in [3.8, 4) is 23.0 Å². The molecule has 6 atom stereocenters. The number of aliphatic hydroxyl groups is 4. The summed E-state index contributed by atoms with van der Waals surface area (Å²) in [5, 5.41) is 44.0. The lowest BCUT2D eigenvalue weighted by molar-refractivity contribution is -0.277. The number of hydrogen-bond acceptors (Lipinski definition) is 21. The normalized spacial score (nSPS) is 19.3. The maximum absolute atomic E-state index is 13.3.